The van der Waals surface area contributed by atoms with Crippen molar-refractivity contribution in [1.29, 1.82) is 0 Å². The second-order valence-electron chi connectivity index (χ2n) is 28.1. The van der Waals surface area contributed by atoms with Gasteiger partial charge in [0, 0.05) is 28.4 Å². The molecular formula is C62H96N4O26. The molecule has 30 nitrogen and oxygen atoms in total. The zero-order valence-corrected chi connectivity index (χ0v) is 55.9. The third-order valence-corrected chi connectivity index (χ3v) is 16.8. The van der Waals surface area contributed by atoms with Crippen molar-refractivity contribution in [2.45, 2.75) is 280 Å². The molecule has 520 valence electrons. The minimum absolute atomic E-state index is 0.190. The summed E-state index contributed by atoms with van der Waals surface area (Å²) in [5.74, 6) is -9.99. The lowest BCUT2D eigenvalue weighted by Crippen LogP contribution is -2.59. The highest BCUT2D eigenvalue weighted by Crippen LogP contribution is 2.45. The number of rotatable bonds is 12. The zero-order chi connectivity index (χ0) is 67.2. The Balaban J connectivity index is 1.08. The van der Waals surface area contributed by atoms with Gasteiger partial charge >= 0.3 is 24.1 Å². The van der Waals surface area contributed by atoms with Crippen molar-refractivity contribution in [3.63, 3.8) is 0 Å². The standard InChI is InChI=1S/C62H96N4O26/c1-57(2,3)91-55(71)65-35(39-43(75-17)47-53(81-39)89-61(11,12)85-47)29-23-19-21-25-77-34(68)28-32(38-42(74-16)46-52(80-38)88-60(9,10)84-46)64-50(70)30(36(66-56(72)92-58(4,5)6)40-44(76-18)48-54(82-40)90-62(13,14)86-48)24-20-22-26-78-33(67)27-31(63-49(29)69)37-41(73-15)45-51(79-37)87-59(7,8)83-45/h19-22,29-32,35-48,51-54H,23-28H2,1-18H3,(H,63,69)(H,64,70)(H,65,71)(H,66,72)/b21-19+,22-20+/t29-,30-,31-,32-,35-,36-,37-,38-,39-,40-,41-,42-,43-,44-,45+,46+,47+,48+,51+,52+,53+,54+/m0/s1. The van der Waals surface area contributed by atoms with E-state index in [1.807, 2.05) is 0 Å². The van der Waals surface area contributed by atoms with Crippen molar-refractivity contribution in [3.8, 4) is 0 Å². The van der Waals surface area contributed by atoms with Crippen LogP contribution in [0.1, 0.15) is 123 Å². The van der Waals surface area contributed by atoms with Gasteiger partial charge in [0.15, 0.2) is 48.3 Å². The Morgan fingerprint density at radius 2 is 0.761 bits per heavy atom. The van der Waals surface area contributed by atoms with E-state index in [1.54, 1.807) is 109 Å². The zero-order valence-electron chi connectivity index (χ0n) is 55.9. The van der Waals surface area contributed by atoms with Gasteiger partial charge in [0.1, 0.15) is 97.7 Å². The summed E-state index contributed by atoms with van der Waals surface area (Å²) < 4.78 is 123. The molecule has 22 atom stereocenters. The van der Waals surface area contributed by atoms with Crippen LogP contribution in [-0.2, 0) is 114 Å². The highest BCUT2D eigenvalue weighted by atomic mass is 16.9. The lowest BCUT2D eigenvalue weighted by Gasteiger charge is -2.36. The van der Waals surface area contributed by atoms with Gasteiger partial charge < -0.3 is 116 Å². The van der Waals surface area contributed by atoms with Gasteiger partial charge in [-0.15, -0.1) is 0 Å². The molecule has 9 rings (SSSR count). The maximum Gasteiger partial charge on any atom is 0.407 e. The molecule has 0 aliphatic carbocycles. The Labute approximate surface area is 536 Å². The molecule has 9 aliphatic heterocycles. The van der Waals surface area contributed by atoms with Crippen LogP contribution in [0, 0.1) is 11.8 Å². The van der Waals surface area contributed by atoms with Crippen molar-refractivity contribution < 1.29 is 124 Å². The number of hydrogen-bond donors (Lipinski definition) is 4. The van der Waals surface area contributed by atoms with Gasteiger partial charge in [0.2, 0.25) is 11.8 Å². The number of alkyl carbamates (subject to hydrolysis) is 2. The fourth-order valence-corrected chi connectivity index (χ4v) is 13.3. The van der Waals surface area contributed by atoms with Crippen LogP contribution in [-0.4, -0.2) is 235 Å². The molecule has 4 N–H and O–H groups in total. The lowest BCUT2D eigenvalue weighted by atomic mass is 9.87. The Kier molecular flexibility index (Phi) is 21.9. The van der Waals surface area contributed by atoms with Crippen LogP contribution in [0.15, 0.2) is 24.3 Å². The molecule has 8 saturated heterocycles. The van der Waals surface area contributed by atoms with E-state index < -0.39 is 218 Å². The number of esters is 2. The first kappa shape index (κ1) is 71.6. The largest absolute Gasteiger partial charge is 0.461 e. The maximum atomic E-state index is 15.6. The molecule has 30 heteroatoms. The summed E-state index contributed by atoms with van der Waals surface area (Å²) in [6, 6.07) is -5.06. The minimum Gasteiger partial charge on any atom is -0.461 e. The Hall–Kier alpha value is -4.74. The maximum absolute atomic E-state index is 15.6. The van der Waals surface area contributed by atoms with Gasteiger partial charge in [-0.05, 0) is 110 Å². The van der Waals surface area contributed by atoms with E-state index in [4.69, 9.17) is 94.7 Å². The predicted octanol–water partition coefficient (Wildman–Crippen LogP) is 3.31. The quantitative estimate of drug-likeness (QED) is 0.124. The van der Waals surface area contributed by atoms with Gasteiger partial charge in [0.25, 0.3) is 0 Å². The number of fused-ring (bicyclic) bond motifs is 4. The van der Waals surface area contributed by atoms with E-state index in [9.17, 15) is 19.2 Å². The van der Waals surface area contributed by atoms with Crippen LogP contribution < -0.4 is 21.3 Å². The third kappa shape index (κ3) is 16.9. The number of amides is 4. The van der Waals surface area contributed by atoms with Crippen molar-refractivity contribution in [3.05, 3.63) is 24.3 Å². The van der Waals surface area contributed by atoms with E-state index in [1.165, 1.54) is 40.6 Å². The predicted molar refractivity (Wildman–Crippen MR) is 314 cm³/mol. The van der Waals surface area contributed by atoms with Crippen LogP contribution in [0.4, 0.5) is 9.59 Å². The van der Waals surface area contributed by atoms with E-state index in [0.717, 1.165) is 0 Å². The van der Waals surface area contributed by atoms with Crippen LogP contribution >= 0.6 is 0 Å². The van der Waals surface area contributed by atoms with Crippen molar-refractivity contribution in [2.75, 3.05) is 41.7 Å². The van der Waals surface area contributed by atoms with Gasteiger partial charge in [-0.3, -0.25) is 19.2 Å². The van der Waals surface area contributed by atoms with Gasteiger partial charge in [-0.2, -0.15) is 0 Å². The summed E-state index contributed by atoms with van der Waals surface area (Å²) in [6.45, 7) is 23.0. The molecular weight excluding hydrogens is 1220 g/mol. The third-order valence-electron chi connectivity index (χ3n) is 16.8. The van der Waals surface area contributed by atoms with E-state index in [0.29, 0.717) is 0 Å². The molecule has 0 saturated carbocycles. The Morgan fingerprint density at radius 1 is 0.457 bits per heavy atom. The summed E-state index contributed by atoms with van der Waals surface area (Å²) in [7, 11) is 5.74. The van der Waals surface area contributed by atoms with Crippen LogP contribution in [0.3, 0.4) is 0 Å². The SMILES string of the molecule is CO[C@@H]1[C@H]2OC(C)(C)O[C@H]2O[C@H]1[C@@H](NC(=O)OC(C)(C)C)[C@@H]1C/C=C/COC(=O)C[C@@H]([C@@H]2O[C@@H]3OC(C)(C)O[C@@H]3[C@H]2OC)NC(=O)[C@H]([C@H](NC(=O)OC(C)(C)C)[C@@H]2O[C@@H]3OC(C)(C)O[C@@H]3[C@H]2OC)C/C=C/COC(=O)C[C@@H]([C@@H]2O[C@@H]3OC(C)(C)O[C@@H]3[C@H]2OC)NC1=O. The van der Waals surface area contributed by atoms with Gasteiger partial charge in [-0.1, -0.05) is 24.3 Å². The van der Waals surface area contributed by atoms with Crippen molar-refractivity contribution in [1.82, 2.24) is 21.3 Å². The summed E-state index contributed by atoms with van der Waals surface area (Å²) in [5, 5.41) is 11.8. The lowest BCUT2D eigenvalue weighted by molar-refractivity contribution is -0.222. The Morgan fingerprint density at radius 3 is 1.07 bits per heavy atom. The highest BCUT2D eigenvalue weighted by molar-refractivity contribution is 5.83. The molecule has 9 heterocycles. The fourth-order valence-electron chi connectivity index (χ4n) is 13.3. The van der Waals surface area contributed by atoms with Crippen LogP contribution in [0.5, 0.6) is 0 Å². The Bertz CT molecular complexity index is 2520. The molecule has 0 aromatic carbocycles. The average Bonchev–Trinajstić information content (AvgIpc) is 1.62. The monoisotopic (exact) mass is 1310 g/mol. The molecule has 0 bridgehead atoms. The number of carbonyl (C=O) groups excluding carboxylic acids is 6. The summed E-state index contributed by atoms with van der Waals surface area (Å²) in [6.07, 6.45) is -12.5. The number of allylic oxidation sites excluding steroid dienone is 2. The molecule has 0 aromatic heterocycles. The second kappa shape index (κ2) is 28.1. The number of hydrogen-bond acceptors (Lipinski definition) is 26. The first-order valence-electron chi connectivity index (χ1n) is 31.4. The van der Waals surface area contributed by atoms with Crippen LogP contribution in [0.2, 0.25) is 0 Å². The van der Waals surface area contributed by atoms with E-state index >= 15 is 9.59 Å². The molecule has 0 aromatic rings. The van der Waals surface area contributed by atoms with Gasteiger partial charge in [0.05, 0.1) is 48.8 Å². The van der Waals surface area contributed by atoms with Crippen molar-refractivity contribution in [2.24, 2.45) is 11.8 Å². The summed E-state index contributed by atoms with van der Waals surface area (Å²) >= 11 is 0. The molecule has 0 unspecified atom stereocenters. The molecule has 0 spiro atoms. The smallest absolute Gasteiger partial charge is 0.407 e. The number of nitrogens with one attached hydrogen (secondary N) is 4. The number of methoxy groups -OCH3 is 4. The molecule has 92 heavy (non-hydrogen) atoms. The molecule has 4 amide bonds. The summed E-state index contributed by atoms with van der Waals surface area (Å²) in [5.41, 5.74) is -1.99. The normalized spacial score (nSPS) is 40.2. The number of carbonyl (C=O) groups is 6. The fraction of sp³-hybridized carbons (Fsp3) is 0.839. The minimum atomic E-state index is -1.31. The van der Waals surface area contributed by atoms with Crippen molar-refractivity contribution >= 4 is 35.9 Å². The highest BCUT2D eigenvalue weighted by Gasteiger charge is 2.63. The molecule has 8 fully saturated rings. The van der Waals surface area contributed by atoms with Gasteiger partial charge in [-0.25, -0.2) is 9.59 Å². The van der Waals surface area contributed by atoms with E-state index in [2.05, 4.69) is 21.3 Å². The molecule has 0 radical (unpaired) electrons. The topological polar surface area (TPSA) is 335 Å². The number of cyclic esters (lactones) is 2. The first-order valence-corrected chi connectivity index (χ1v) is 31.4. The van der Waals surface area contributed by atoms with Crippen LogP contribution in [0.25, 0.3) is 0 Å². The molecule has 9 aliphatic rings. The average molecular weight is 1310 g/mol. The number of ether oxygens (including phenoxy) is 20. The second-order valence-corrected chi connectivity index (χ2v) is 28.1. The van der Waals surface area contributed by atoms with E-state index in [-0.39, 0.29) is 26.1 Å². The first-order chi connectivity index (χ1) is 43.0. The summed E-state index contributed by atoms with van der Waals surface area (Å²) in [4.78, 5) is 88.1.